The van der Waals surface area contributed by atoms with Crippen molar-refractivity contribution in [2.24, 2.45) is 0 Å². The van der Waals surface area contributed by atoms with Gasteiger partial charge in [-0.2, -0.15) is 5.21 Å². The van der Waals surface area contributed by atoms with E-state index in [4.69, 9.17) is 34.1 Å². The van der Waals surface area contributed by atoms with Gasteiger partial charge in [0, 0.05) is 67.4 Å². The number of benzene rings is 11. The van der Waals surface area contributed by atoms with Crippen LogP contribution in [0.1, 0.15) is 92.9 Å². The summed E-state index contributed by atoms with van der Waals surface area (Å²) < 4.78 is 27.0. The Kier molecular flexibility index (Phi) is 27.9. The molecule has 22 rings (SSSR count). The number of methoxy groups -OCH3 is 2. The maximum atomic E-state index is 11.4. The van der Waals surface area contributed by atoms with Crippen LogP contribution in [-0.2, 0) is 32.6 Å². The van der Waals surface area contributed by atoms with Crippen LogP contribution in [0.2, 0.25) is 0 Å². The normalized spacial score (nSPS) is 11.0. The minimum atomic E-state index is -0.999. The number of aryl methyl sites for hydroxylation is 4. The van der Waals surface area contributed by atoms with Crippen molar-refractivity contribution in [2.75, 3.05) is 14.2 Å². The number of aromatic amines is 1. The van der Waals surface area contributed by atoms with Crippen LogP contribution in [0.4, 0.5) is 0 Å². The Hall–Kier alpha value is -19.1. The van der Waals surface area contributed by atoms with Gasteiger partial charge in [0.25, 0.3) is 0 Å². The molecule has 142 heavy (non-hydrogen) atoms. The summed E-state index contributed by atoms with van der Waals surface area (Å²) in [5.74, 6) is 2.97. The fourth-order valence-electron chi connectivity index (χ4n) is 16.5. The number of pyridine rings is 5. The molecular weight excluding hydrogens is 1790 g/mol. The van der Waals surface area contributed by atoms with E-state index in [9.17, 15) is 39.6 Å². The number of ether oxygens (including phenoxy) is 3. The number of H-pyrrole nitrogens is 1. The molecule has 0 atom stereocenters. The highest BCUT2D eigenvalue weighted by atomic mass is 16.5. The second-order valence-electron chi connectivity index (χ2n) is 33.1. The molecule has 0 aliphatic rings. The highest BCUT2D eigenvalue weighted by Crippen LogP contribution is 2.36. The van der Waals surface area contributed by atoms with Gasteiger partial charge in [-0.1, -0.05) is 158 Å². The lowest BCUT2D eigenvalue weighted by Gasteiger charge is -2.13. The number of fused-ring (bicyclic) bond motifs is 5. The van der Waals surface area contributed by atoms with Crippen LogP contribution in [0.15, 0.2) is 353 Å². The third-order valence-electron chi connectivity index (χ3n) is 23.7. The van der Waals surface area contributed by atoms with Gasteiger partial charge in [0.1, 0.15) is 51.5 Å². The van der Waals surface area contributed by atoms with Crippen LogP contribution in [-0.4, -0.2) is 152 Å². The van der Waals surface area contributed by atoms with Gasteiger partial charge in [0.05, 0.1) is 98.2 Å². The van der Waals surface area contributed by atoms with Gasteiger partial charge in [-0.15, -0.1) is 10.2 Å². The number of hydrogen-bond acceptors (Lipinski definition) is 20. The number of rotatable bonds is 24. The molecule has 30 heteroatoms. The Morgan fingerprint density at radius 2 is 0.690 bits per heavy atom. The number of para-hydroxylation sites is 11. The second kappa shape index (κ2) is 42.4. The number of nitrogens with one attached hydrogen (secondary N) is 1. The Morgan fingerprint density at radius 3 is 1.11 bits per heavy atom. The first kappa shape index (κ1) is 93.3. The van der Waals surface area contributed by atoms with Crippen molar-refractivity contribution in [3.05, 3.63) is 419 Å². The molecule has 30 nitrogen and oxygen atoms in total. The molecule has 11 aromatic heterocycles. The fourth-order valence-corrected chi connectivity index (χ4v) is 16.5. The van der Waals surface area contributed by atoms with E-state index in [1.54, 1.807) is 38.6 Å². The number of carboxylic acids is 4. The molecule has 22 aromatic rings. The predicted molar refractivity (Wildman–Crippen MR) is 543 cm³/mol. The van der Waals surface area contributed by atoms with Crippen LogP contribution < -0.4 is 14.2 Å². The first-order valence-electron chi connectivity index (χ1n) is 45.3. The first-order valence-corrected chi connectivity index (χ1v) is 45.3. The predicted octanol–water partition coefficient (Wildman–Crippen LogP) is 21.9. The van der Waals surface area contributed by atoms with Gasteiger partial charge in [-0.05, 0) is 242 Å². The molecule has 11 heterocycles. The summed E-state index contributed by atoms with van der Waals surface area (Å²) in [7, 11) is 3.28. The molecule has 0 aliphatic carbocycles. The molecule has 0 fully saturated rings. The lowest BCUT2D eigenvalue weighted by molar-refractivity contribution is 0.0686. The Morgan fingerprint density at radius 1 is 0.331 bits per heavy atom. The number of aromatic carboxylic acids is 4. The van der Waals surface area contributed by atoms with E-state index >= 15 is 0 Å². The molecule has 11 aromatic carbocycles. The fraction of sp³-hybridized carbons (Fsp3) is 0.0982. The zero-order chi connectivity index (χ0) is 98.3. The van der Waals surface area contributed by atoms with Crippen molar-refractivity contribution in [2.45, 2.75) is 60.3 Å². The van der Waals surface area contributed by atoms with Gasteiger partial charge in [0.15, 0.2) is 29.1 Å². The third-order valence-corrected chi connectivity index (χ3v) is 23.7. The minimum absolute atomic E-state index is 0.170. The monoisotopic (exact) mass is 1880 g/mol. The zero-order valence-corrected chi connectivity index (χ0v) is 77.7. The van der Waals surface area contributed by atoms with E-state index in [2.05, 4.69) is 134 Å². The average molecular weight is 1880 g/mol. The first-order chi connectivity index (χ1) is 69.2. The molecule has 0 spiro atoms. The van der Waals surface area contributed by atoms with Crippen LogP contribution >= 0.6 is 0 Å². The zero-order valence-electron chi connectivity index (χ0n) is 77.7. The van der Waals surface area contributed by atoms with Crippen molar-refractivity contribution >= 4 is 79.0 Å². The van der Waals surface area contributed by atoms with Gasteiger partial charge in [-0.3, -0.25) is 29.5 Å². The van der Waals surface area contributed by atoms with Crippen molar-refractivity contribution in [3.8, 4) is 97.7 Å². The number of imidazole rings is 5. The smallest absolute Gasteiger partial charge is 0.335 e. The molecule has 0 bridgehead atoms. The maximum Gasteiger partial charge on any atom is 0.335 e. The lowest BCUT2D eigenvalue weighted by Crippen LogP contribution is -2.06. The van der Waals surface area contributed by atoms with Crippen molar-refractivity contribution in [1.29, 1.82) is 0 Å². The second-order valence-corrected chi connectivity index (χ2v) is 33.1. The average Bonchev–Trinajstić information content (AvgIpc) is 1.61. The summed E-state index contributed by atoms with van der Waals surface area (Å²) >= 11 is 0. The van der Waals surface area contributed by atoms with E-state index in [-0.39, 0.29) is 22.3 Å². The molecule has 0 amide bonds. The van der Waals surface area contributed by atoms with Crippen molar-refractivity contribution in [1.82, 2.24) is 93.3 Å². The summed E-state index contributed by atoms with van der Waals surface area (Å²) in [6.45, 7) is 10.8. The molecule has 0 unspecified atom stereocenters. The van der Waals surface area contributed by atoms with Crippen LogP contribution in [0.5, 0.6) is 23.0 Å². The molecule has 5 N–H and O–H groups in total. The standard InChI is InChI=1S/C26H19N3O3.C22H19N7.C22H19N3O3.C22H19N3O2.C20H15N3O3/c30-26(31)19-14-15-27-23(16-19)25-28-22-8-4-5-9-24(22)29(25)17-18-10-12-21(13-11-18)32-20-6-2-1-3-7-20;1-2-15-7-9-16(10-8-15)14-29-20-6-4-3-5-18(20)24-22(29)19-13-17(11-12-23-19)21-25-27-28-26-21;1-14-7-8-16(20(11-14)28-2)13-25-19-6-4-3-5-17(19)24-21(25)18-12-15(22(26)27)9-10-23-18;1-14-7-8-17(15(2)11-14)13-25-20-6-4-3-5-18(20)24-21(25)19-12-16(22(26)27)9-10-23-19;1-26-15-8-6-14(7-9-15)23-18-5-3-2-4-16(18)22-19(23)17-12-13(20(24)25)10-11-21-17/h1-16H,17H2,(H,30,31);3-13H,2,14H2,1H3,(H,25,26,27,28);3-12H,13H2,1-2H3,(H,26,27);3-12H,13H2,1-2H3,(H,26,27);2-12H,1H3,(H,24,25). The number of carbonyl (C=O) groups is 4. The van der Waals surface area contributed by atoms with Crippen LogP contribution in [0.3, 0.4) is 0 Å². The van der Waals surface area contributed by atoms with E-state index < -0.39 is 23.9 Å². The summed E-state index contributed by atoms with van der Waals surface area (Å²) in [5, 5.41) is 51.5. The number of tetrazole rings is 1. The Bertz CT molecular complexity index is 8350. The molecule has 0 saturated carbocycles. The highest BCUT2D eigenvalue weighted by molar-refractivity contribution is 5.93. The summed E-state index contributed by atoms with van der Waals surface area (Å²) in [6.07, 6.45) is 8.77. The van der Waals surface area contributed by atoms with E-state index in [1.807, 2.05) is 241 Å². The van der Waals surface area contributed by atoms with Gasteiger partial charge in [-0.25, -0.2) is 44.1 Å². The van der Waals surface area contributed by atoms with Crippen molar-refractivity contribution in [3.63, 3.8) is 0 Å². The highest BCUT2D eigenvalue weighted by Gasteiger charge is 2.24. The SMILES string of the molecule is CCc1ccc(Cn2c(-c3cc(-c4nn[nH]n4)ccn3)nc3ccccc32)cc1.COc1cc(C)ccc1Cn1c(-c2cc(C(=O)O)ccn2)nc2ccccc21.COc1ccc(-n2c(-c3cc(C(=O)O)ccn3)nc3ccccc32)cc1.Cc1ccc(Cn2c(-c3cc(C(=O)O)ccn3)nc3ccccc32)c(C)c1.O=C(O)c1ccnc(-c2nc3ccccc3n2Cc2ccc(Oc3ccccc3)cc2)c1. The molecule has 0 saturated heterocycles. The molecular formula is C112H91N19O11. The summed E-state index contributed by atoms with van der Waals surface area (Å²) in [5.41, 5.74) is 23.8. The molecule has 0 aliphatic heterocycles. The quantitative estimate of drug-likeness (QED) is 0.0375. The van der Waals surface area contributed by atoms with Gasteiger partial charge >= 0.3 is 23.9 Å². The largest absolute Gasteiger partial charge is 0.497 e. The Labute approximate surface area is 812 Å². The minimum Gasteiger partial charge on any atom is -0.497 e. The van der Waals surface area contributed by atoms with Gasteiger partial charge < -0.3 is 52.9 Å². The van der Waals surface area contributed by atoms with Crippen LogP contribution in [0.25, 0.3) is 130 Å². The lowest BCUT2D eigenvalue weighted by atomic mass is 10.1. The Balaban J connectivity index is 0.000000117. The molecule has 700 valence electrons. The summed E-state index contributed by atoms with van der Waals surface area (Å²) in [4.78, 5) is 91.3. The number of hydrogen-bond donors (Lipinski definition) is 5. The maximum absolute atomic E-state index is 11.4. The van der Waals surface area contributed by atoms with Gasteiger partial charge in [0.2, 0.25) is 5.82 Å². The molecule has 0 radical (unpaired) electrons. The van der Waals surface area contributed by atoms with E-state index in [0.717, 1.165) is 124 Å². The number of nitrogens with zero attached hydrogens (tertiary/aromatic N) is 18. The van der Waals surface area contributed by atoms with E-state index in [0.29, 0.717) is 78.1 Å². The summed E-state index contributed by atoms with van der Waals surface area (Å²) in [6, 6.07) is 102. The third kappa shape index (κ3) is 21.1. The topological polar surface area (TPSA) is 385 Å². The van der Waals surface area contributed by atoms with E-state index in [1.165, 1.54) is 82.9 Å². The number of aromatic nitrogens is 19. The van der Waals surface area contributed by atoms with Crippen molar-refractivity contribution < 1.29 is 53.8 Å². The van der Waals surface area contributed by atoms with Crippen LogP contribution in [0, 0.1) is 20.8 Å². The number of carboxylic acid groups (broad SMARTS) is 4.